The van der Waals surface area contributed by atoms with E-state index in [9.17, 15) is 24.0 Å². The maximum absolute atomic E-state index is 12.0. The molecule has 0 aromatic heterocycles. The Bertz CT molecular complexity index is 702. The third-order valence-electron chi connectivity index (χ3n) is 2.44. The van der Waals surface area contributed by atoms with Gasteiger partial charge in [0.1, 0.15) is 6.54 Å². The van der Waals surface area contributed by atoms with E-state index in [1.165, 1.54) is 0 Å². The first kappa shape index (κ1) is 19.6. The fourth-order valence-corrected chi connectivity index (χ4v) is 1.67. The van der Waals surface area contributed by atoms with Crippen molar-refractivity contribution in [1.29, 1.82) is 0 Å². The van der Waals surface area contributed by atoms with Gasteiger partial charge >= 0.3 is 23.9 Å². The molecule has 0 aliphatic rings. The smallest absolute Gasteiger partial charge is 0.322 e. The number of carboxylic acids is 1. The number of benzene rings is 1. The Morgan fingerprint density at radius 1 is 0.880 bits per heavy atom. The Hall–Kier alpha value is -3.43. The van der Waals surface area contributed by atoms with Crippen LogP contribution in [0.3, 0.4) is 0 Å². The zero-order valence-electron chi connectivity index (χ0n) is 13.6. The molecule has 0 aliphatic carbocycles. The Morgan fingerprint density at radius 3 is 1.68 bits per heavy atom. The van der Waals surface area contributed by atoms with Gasteiger partial charge in [0.15, 0.2) is 11.5 Å². The number of hydrogen-bond acceptors (Lipinski definition) is 8. The maximum atomic E-state index is 12.0. The summed E-state index contributed by atoms with van der Waals surface area (Å²) in [4.78, 5) is 56.2. The molecule has 1 aromatic carbocycles. The van der Waals surface area contributed by atoms with Crippen molar-refractivity contribution in [3.63, 3.8) is 0 Å². The van der Waals surface area contributed by atoms with Crippen molar-refractivity contribution in [2.75, 3.05) is 6.54 Å². The minimum atomic E-state index is -1.27. The maximum Gasteiger partial charge on any atom is 0.322 e. The molecule has 0 saturated heterocycles. The topological polar surface area (TPSA) is 145 Å². The lowest BCUT2D eigenvalue weighted by Crippen LogP contribution is -2.29. The van der Waals surface area contributed by atoms with Crippen LogP contribution in [0.15, 0.2) is 12.1 Å². The molecule has 0 saturated carbocycles. The lowest BCUT2D eigenvalue weighted by atomic mass is 10.1. The van der Waals surface area contributed by atoms with Crippen LogP contribution in [0.1, 0.15) is 31.1 Å². The second-order valence-electron chi connectivity index (χ2n) is 4.66. The number of carbonyl (C=O) groups excluding carboxylic acids is 4. The van der Waals surface area contributed by atoms with Gasteiger partial charge in [-0.1, -0.05) is 0 Å². The predicted molar refractivity (Wildman–Crippen MR) is 80.3 cm³/mol. The number of amides is 1. The first-order valence-electron chi connectivity index (χ1n) is 6.83. The fourth-order valence-electron chi connectivity index (χ4n) is 1.67. The van der Waals surface area contributed by atoms with Crippen molar-refractivity contribution in [3.8, 4) is 17.2 Å². The zero-order chi connectivity index (χ0) is 19.1. The van der Waals surface area contributed by atoms with Gasteiger partial charge in [-0.05, 0) is 12.1 Å². The third-order valence-corrected chi connectivity index (χ3v) is 2.44. The van der Waals surface area contributed by atoms with E-state index in [1.807, 2.05) is 0 Å². The predicted octanol–water partition coefficient (Wildman–Crippen LogP) is 0.277. The van der Waals surface area contributed by atoms with Gasteiger partial charge in [0.05, 0.1) is 0 Å². The normalized spacial score (nSPS) is 9.72. The molecule has 0 atom stereocenters. The minimum absolute atomic E-state index is 0.176. The van der Waals surface area contributed by atoms with Crippen LogP contribution in [0.25, 0.3) is 0 Å². The molecule has 10 nitrogen and oxygen atoms in total. The minimum Gasteiger partial charge on any atom is -0.480 e. The SMILES string of the molecule is CC(=O)Oc1cc(C(=O)NCC(=O)O)cc(OC(C)=O)c1OC(C)=O. The highest BCUT2D eigenvalue weighted by atomic mass is 16.6. The van der Waals surface area contributed by atoms with Crippen LogP contribution < -0.4 is 19.5 Å². The van der Waals surface area contributed by atoms with E-state index >= 15 is 0 Å². The van der Waals surface area contributed by atoms with Crippen LogP contribution in [0.5, 0.6) is 17.2 Å². The van der Waals surface area contributed by atoms with E-state index in [0.717, 1.165) is 32.9 Å². The summed E-state index contributed by atoms with van der Waals surface area (Å²) in [5.41, 5.74) is -0.176. The summed E-state index contributed by atoms with van der Waals surface area (Å²) in [7, 11) is 0. The van der Waals surface area contributed by atoms with Gasteiger partial charge in [0, 0.05) is 26.3 Å². The molecule has 1 amide bonds. The van der Waals surface area contributed by atoms with Gasteiger partial charge in [-0.3, -0.25) is 24.0 Å². The van der Waals surface area contributed by atoms with Crippen molar-refractivity contribution in [3.05, 3.63) is 17.7 Å². The Morgan fingerprint density at radius 2 is 1.32 bits per heavy atom. The van der Waals surface area contributed by atoms with Gasteiger partial charge in [-0.25, -0.2) is 0 Å². The molecule has 0 aliphatic heterocycles. The summed E-state index contributed by atoms with van der Waals surface area (Å²) in [6, 6.07) is 2.09. The van der Waals surface area contributed by atoms with Crippen LogP contribution in [-0.2, 0) is 19.2 Å². The first-order chi connectivity index (χ1) is 11.6. The van der Waals surface area contributed by atoms with E-state index in [0.29, 0.717) is 0 Å². The second kappa shape index (κ2) is 8.43. The number of hydrogen-bond donors (Lipinski definition) is 2. The molecule has 0 heterocycles. The second-order valence-corrected chi connectivity index (χ2v) is 4.66. The highest BCUT2D eigenvalue weighted by Gasteiger charge is 2.22. The summed E-state index contributed by atoms with van der Waals surface area (Å²) < 4.78 is 14.7. The quantitative estimate of drug-likeness (QED) is 0.543. The summed E-state index contributed by atoms with van der Waals surface area (Å²) >= 11 is 0. The number of carboxylic acid groups (broad SMARTS) is 1. The molecule has 2 N–H and O–H groups in total. The third kappa shape index (κ3) is 6.29. The highest BCUT2D eigenvalue weighted by Crippen LogP contribution is 2.39. The number of ether oxygens (including phenoxy) is 3. The largest absolute Gasteiger partial charge is 0.480 e. The number of nitrogens with one attached hydrogen (secondary N) is 1. The lowest BCUT2D eigenvalue weighted by molar-refractivity contribution is -0.136. The zero-order valence-corrected chi connectivity index (χ0v) is 13.6. The number of rotatable bonds is 6. The molecule has 0 bridgehead atoms. The van der Waals surface area contributed by atoms with E-state index < -0.39 is 36.3 Å². The molecule has 0 radical (unpaired) electrons. The van der Waals surface area contributed by atoms with Crippen molar-refractivity contribution >= 4 is 29.8 Å². The van der Waals surface area contributed by atoms with E-state index in [4.69, 9.17) is 19.3 Å². The van der Waals surface area contributed by atoms with Crippen LogP contribution >= 0.6 is 0 Å². The van der Waals surface area contributed by atoms with Gasteiger partial charge < -0.3 is 24.6 Å². The van der Waals surface area contributed by atoms with Crippen molar-refractivity contribution in [2.45, 2.75) is 20.8 Å². The average molecular weight is 353 g/mol. The fraction of sp³-hybridized carbons (Fsp3) is 0.267. The molecule has 1 rings (SSSR count). The van der Waals surface area contributed by atoms with Gasteiger partial charge in [-0.2, -0.15) is 0 Å². The summed E-state index contributed by atoms with van der Waals surface area (Å²) in [5.74, 6) is -5.53. The standard InChI is InChI=1S/C15H15NO9/c1-7(17)23-11-4-10(15(22)16-6-13(20)21)5-12(24-8(2)18)14(11)25-9(3)19/h4-5H,6H2,1-3H3,(H,16,22)(H,20,21). The van der Waals surface area contributed by atoms with Gasteiger partial charge in [0.2, 0.25) is 5.75 Å². The van der Waals surface area contributed by atoms with Gasteiger partial charge in [-0.15, -0.1) is 0 Å². The molecular weight excluding hydrogens is 338 g/mol. The van der Waals surface area contributed by atoms with E-state index in [2.05, 4.69) is 5.32 Å². The summed E-state index contributed by atoms with van der Waals surface area (Å²) in [6.07, 6.45) is 0. The Labute approximate surface area is 141 Å². The highest BCUT2D eigenvalue weighted by molar-refractivity contribution is 5.97. The molecule has 10 heteroatoms. The van der Waals surface area contributed by atoms with Crippen molar-refractivity contribution < 1.29 is 43.3 Å². The lowest BCUT2D eigenvalue weighted by Gasteiger charge is -2.14. The molecule has 1 aromatic rings. The molecule has 0 spiro atoms. The van der Waals surface area contributed by atoms with Crippen LogP contribution in [0.4, 0.5) is 0 Å². The molecule has 25 heavy (non-hydrogen) atoms. The van der Waals surface area contributed by atoms with E-state index in [1.54, 1.807) is 0 Å². The molecule has 0 fully saturated rings. The Kier molecular flexibility index (Phi) is 6.61. The number of esters is 3. The monoisotopic (exact) mass is 353 g/mol. The average Bonchev–Trinajstić information content (AvgIpc) is 2.46. The first-order valence-corrected chi connectivity index (χ1v) is 6.83. The van der Waals surface area contributed by atoms with Gasteiger partial charge in [0.25, 0.3) is 5.91 Å². The van der Waals surface area contributed by atoms with Crippen molar-refractivity contribution in [1.82, 2.24) is 5.32 Å². The molecule has 134 valence electrons. The molecular formula is C15H15NO9. The van der Waals surface area contributed by atoms with Crippen molar-refractivity contribution in [2.24, 2.45) is 0 Å². The van der Waals surface area contributed by atoms with E-state index in [-0.39, 0.29) is 22.8 Å². The van der Waals surface area contributed by atoms with Crippen LogP contribution in [-0.4, -0.2) is 41.4 Å². The summed E-state index contributed by atoms with van der Waals surface area (Å²) in [6.45, 7) is 2.55. The number of carbonyl (C=O) groups is 5. The summed E-state index contributed by atoms with van der Waals surface area (Å²) in [5, 5.41) is 10.7. The Balaban J connectivity index is 3.41. The van der Waals surface area contributed by atoms with Crippen LogP contribution in [0, 0.1) is 0 Å². The molecule has 0 unspecified atom stereocenters. The van der Waals surface area contributed by atoms with Crippen LogP contribution in [0.2, 0.25) is 0 Å². The number of aliphatic carboxylic acids is 1.